The van der Waals surface area contributed by atoms with Crippen LogP contribution >= 0.6 is 0 Å². The molecule has 7 nitrogen and oxygen atoms in total. The first-order valence-electron chi connectivity index (χ1n) is 10.3. The first kappa shape index (κ1) is 23.0. The molecular weight excluding hydrogens is 446 g/mol. The summed E-state index contributed by atoms with van der Waals surface area (Å²) < 4.78 is 63.1. The second-order valence-corrected chi connectivity index (χ2v) is 7.94. The summed E-state index contributed by atoms with van der Waals surface area (Å²) in [5, 5.41) is 10.1. The number of alkyl halides is 3. The van der Waals surface area contributed by atoms with Crippen LogP contribution in [0.25, 0.3) is 22.2 Å². The fourth-order valence-corrected chi connectivity index (χ4v) is 3.99. The highest BCUT2D eigenvalue weighted by atomic mass is 19.4. The Balaban J connectivity index is 1.72. The predicted molar refractivity (Wildman–Crippen MR) is 110 cm³/mol. The van der Waals surface area contributed by atoms with Gasteiger partial charge in [-0.3, -0.25) is 4.98 Å². The molecule has 0 bridgehead atoms. The molecule has 4 rings (SSSR count). The van der Waals surface area contributed by atoms with Crippen molar-refractivity contribution in [1.82, 2.24) is 9.97 Å². The number of methoxy groups -OCH3 is 1. The van der Waals surface area contributed by atoms with E-state index in [-0.39, 0.29) is 55.1 Å². The number of hydrogen-bond donors (Lipinski definition) is 1. The van der Waals surface area contributed by atoms with Gasteiger partial charge < -0.3 is 19.2 Å². The summed E-state index contributed by atoms with van der Waals surface area (Å²) in [6.45, 7) is 0.446. The zero-order valence-electron chi connectivity index (χ0n) is 17.7. The molecular formula is C22H21F4N3O4. The minimum Gasteiger partial charge on any atom is -0.479 e. The number of hydrogen-bond acceptors (Lipinski definition) is 6. The summed E-state index contributed by atoms with van der Waals surface area (Å²) in [5.41, 5.74) is -0.460. The Morgan fingerprint density at radius 3 is 2.67 bits per heavy atom. The maximum Gasteiger partial charge on any atom is 0.389 e. The minimum absolute atomic E-state index is 0.0827. The zero-order chi connectivity index (χ0) is 23.8. The molecule has 0 aliphatic carbocycles. The van der Waals surface area contributed by atoms with E-state index in [0.29, 0.717) is 10.9 Å². The van der Waals surface area contributed by atoms with Crippen LogP contribution in [0.4, 0.5) is 23.4 Å². The van der Waals surface area contributed by atoms with Crippen LogP contribution in [0.3, 0.4) is 0 Å². The third kappa shape index (κ3) is 4.63. The molecule has 1 fully saturated rings. The smallest absolute Gasteiger partial charge is 0.389 e. The van der Waals surface area contributed by atoms with E-state index >= 15 is 0 Å². The molecule has 0 radical (unpaired) electrons. The number of rotatable bonds is 6. The summed E-state index contributed by atoms with van der Waals surface area (Å²) in [6, 6.07) is 4.48. The molecule has 176 valence electrons. The average Bonchev–Trinajstić information content (AvgIpc) is 3.26. The minimum atomic E-state index is -4.35. The zero-order valence-corrected chi connectivity index (χ0v) is 17.7. The number of carbonyl (C=O) groups is 1. The predicted octanol–water partition coefficient (Wildman–Crippen LogP) is 4.59. The van der Waals surface area contributed by atoms with Crippen molar-refractivity contribution in [2.75, 3.05) is 25.1 Å². The Morgan fingerprint density at radius 2 is 2.03 bits per heavy atom. The number of carboxylic acid groups (broad SMARTS) is 1. The van der Waals surface area contributed by atoms with E-state index in [1.54, 1.807) is 17.0 Å². The molecule has 0 amide bonds. The van der Waals surface area contributed by atoms with Gasteiger partial charge in [0, 0.05) is 56.6 Å². The number of nitrogens with zero attached hydrogens (tertiary/aromatic N) is 3. The fraction of sp³-hybridized carbons (Fsp3) is 0.409. The van der Waals surface area contributed by atoms with Gasteiger partial charge in [-0.2, -0.15) is 13.2 Å². The Bertz CT molecular complexity index is 1170. The van der Waals surface area contributed by atoms with Crippen molar-refractivity contribution in [3.8, 4) is 11.3 Å². The summed E-state index contributed by atoms with van der Waals surface area (Å²) >= 11 is 0. The molecule has 1 saturated heterocycles. The largest absolute Gasteiger partial charge is 0.479 e. The van der Waals surface area contributed by atoms with Gasteiger partial charge >= 0.3 is 12.1 Å². The number of furan rings is 1. The van der Waals surface area contributed by atoms with Gasteiger partial charge in [-0.1, -0.05) is 0 Å². The van der Waals surface area contributed by atoms with Crippen molar-refractivity contribution in [1.29, 1.82) is 0 Å². The Hall–Kier alpha value is -3.21. The Morgan fingerprint density at radius 1 is 1.30 bits per heavy atom. The van der Waals surface area contributed by atoms with Crippen LogP contribution in [-0.4, -0.2) is 53.0 Å². The second-order valence-electron chi connectivity index (χ2n) is 7.94. The lowest BCUT2D eigenvalue weighted by molar-refractivity contribution is -0.164. The van der Waals surface area contributed by atoms with E-state index in [1.807, 2.05) is 0 Å². The molecule has 0 spiro atoms. The second kappa shape index (κ2) is 8.62. The van der Waals surface area contributed by atoms with Gasteiger partial charge in [-0.15, -0.1) is 0 Å². The molecule has 0 unspecified atom stereocenters. The molecule has 0 saturated carbocycles. The van der Waals surface area contributed by atoms with Crippen molar-refractivity contribution in [2.24, 2.45) is 0 Å². The van der Waals surface area contributed by atoms with Crippen LogP contribution < -0.4 is 4.90 Å². The van der Waals surface area contributed by atoms with Crippen LogP contribution in [-0.2, 0) is 16.0 Å². The molecule has 3 aromatic rings. The normalized spacial score (nSPS) is 16.3. The van der Waals surface area contributed by atoms with Crippen molar-refractivity contribution in [3.63, 3.8) is 0 Å². The maximum absolute atomic E-state index is 14.5. The van der Waals surface area contributed by atoms with E-state index in [2.05, 4.69) is 9.97 Å². The van der Waals surface area contributed by atoms with Crippen LogP contribution in [0.1, 0.15) is 25.0 Å². The van der Waals surface area contributed by atoms with Gasteiger partial charge in [-0.05, 0) is 24.6 Å². The van der Waals surface area contributed by atoms with Crippen LogP contribution in [0.2, 0.25) is 0 Å². The fourth-order valence-electron chi connectivity index (χ4n) is 3.99. The van der Waals surface area contributed by atoms with Gasteiger partial charge in [0.1, 0.15) is 5.69 Å². The van der Waals surface area contributed by atoms with E-state index < -0.39 is 30.0 Å². The quantitative estimate of drug-likeness (QED) is 0.531. The number of piperidine rings is 1. The molecule has 2 aromatic heterocycles. The maximum atomic E-state index is 14.5. The molecule has 33 heavy (non-hydrogen) atoms. The molecule has 1 aromatic carbocycles. The molecule has 1 N–H and O–H groups in total. The topological polar surface area (TPSA) is 88.7 Å². The van der Waals surface area contributed by atoms with Crippen molar-refractivity contribution in [2.45, 2.75) is 37.5 Å². The van der Waals surface area contributed by atoms with Crippen molar-refractivity contribution >= 4 is 22.8 Å². The van der Waals surface area contributed by atoms with Crippen LogP contribution in [0.15, 0.2) is 35.1 Å². The number of anilines is 1. The number of aryl methyl sites for hydroxylation is 1. The lowest BCUT2D eigenvalue weighted by atomic mass is 9.91. The summed E-state index contributed by atoms with van der Waals surface area (Å²) in [7, 11) is 1.33. The Kier molecular flexibility index (Phi) is 6.00. The van der Waals surface area contributed by atoms with Crippen molar-refractivity contribution < 1.29 is 36.6 Å². The SMILES string of the molecule is COC1(C(=O)O)CCN(c2nc(CCC(F)(F)F)cnc2-c2cc(F)c3occc3c2)CC1. The number of aliphatic carboxylic acids is 1. The first-order valence-corrected chi connectivity index (χ1v) is 10.3. The highest BCUT2D eigenvalue weighted by Gasteiger charge is 2.42. The van der Waals surface area contributed by atoms with Gasteiger partial charge in [0.15, 0.2) is 22.8 Å². The van der Waals surface area contributed by atoms with E-state index in [1.165, 1.54) is 25.6 Å². The van der Waals surface area contributed by atoms with Gasteiger partial charge in [0.25, 0.3) is 0 Å². The number of aromatic nitrogens is 2. The highest BCUT2D eigenvalue weighted by molar-refractivity contribution is 5.86. The molecule has 0 atom stereocenters. The molecule has 3 heterocycles. The monoisotopic (exact) mass is 467 g/mol. The number of fused-ring (bicyclic) bond motifs is 1. The lowest BCUT2D eigenvalue weighted by Crippen LogP contribution is -2.51. The molecule has 11 heteroatoms. The van der Waals surface area contributed by atoms with E-state index in [9.17, 15) is 27.5 Å². The summed E-state index contributed by atoms with van der Waals surface area (Å²) in [5.74, 6) is -1.42. The van der Waals surface area contributed by atoms with Gasteiger partial charge in [0.05, 0.1) is 12.0 Å². The van der Waals surface area contributed by atoms with Gasteiger partial charge in [0.2, 0.25) is 0 Å². The number of carboxylic acids is 1. The van der Waals surface area contributed by atoms with Crippen molar-refractivity contribution in [3.05, 3.63) is 42.2 Å². The first-order chi connectivity index (χ1) is 15.6. The number of benzene rings is 1. The summed E-state index contributed by atoms with van der Waals surface area (Å²) in [6.07, 6.45) is -2.87. The number of halogens is 4. The van der Waals surface area contributed by atoms with Gasteiger partial charge in [-0.25, -0.2) is 14.2 Å². The third-order valence-corrected chi connectivity index (χ3v) is 5.90. The Labute approximate surface area is 186 Å². The lowest BCUT2D eigenvalue weighted by Gasteiger charge is -2.38. The standard InChI is InChI=1S/C22H21F4N3O4/c1-32-21(20(30)31)5-7-29(8-6-21)19-17(27-12-15(28-19)2-4-22(24,25)26)14-10-13-3-9-33-18(13)16(23)11-14/h3,9-12H,2,4-8H2,1H3,(H,30,31). The molecule has 1 aliphatic rings. The summed E-state index contributed by atoms with van der Waals surface area (Å²) in [4.78, 5) is 22.2. The van der Waals surface area contributed by atoms with E-state index in [4.69, 9.17) is 9.15 Å². The van der Waals surface area contributed by atoms with E-state index in [0.717, 1.165) is 0 Å². The highest BCUT2D eigenvalue weighted by Crippen LogP contribution is 2.35. The molecule has 1 aliphatic heterocycles. The van der Waals surface area contributed by atoms with Crippen LogP contribution in [0.5, 0.6) is 0 Å². The third-order valence-electron chi connectivity index (χ3n) is 5.90. The average molecular weight is 467 g/mol. The van der Waals surface area contributed by atoms with Crippen LogP contribution in [0, 0.1) is 5.82 Å². The number of ether oxygens (including phenoxy) is 1.